The maximum atomic E-state index is 4.85. The van der Waals surface area contributed by atoms with Crippen LogP contribution < -0.4 is 0 Å². The zero-order valence-electron chi connectivity index (χ0n) is 19.1. The van der Waals surface area contributed by atoms with E-state index in [1.807, 2.05) is 0 Å². The molecule has 2 rings (SSSR count). The average molecular weight is 383 g/mol. The second kappa shape index (κ2) is 9.15. The standard InChI is InChI=1S/C24H38N4/c1-23(2,3)21-13-9-11-19(25-21)17-27(7)15-16-28(8)18-20-12-10-14-22(26-20)24(4,5)6/h9-14H,15-18H2,1-8H3. The molecule has 0 aliphatic rings. The van der Waals surface area contributed by atoms with Crippen molar-refractivity contribution in [2.75, 3.05) is 27.2 Å². The van der Waals surface area contributed by atoms with Crippen molar-refractivity contribution in [1.29, 1.82) is 0 Å². The summed E-state index contributed by atoms with van der Waals surface area (Å²) in [6.45, 7) is 17.0. The molecule has 28 heavy (non-hydrogen) atoms. The summed E-state index contributed by atoms with van der Waals surface area (Å²) in [4.78, 5) is 14.4. The summed E-state index contributed by atoms with van der Waals surface area (Å²) in [6, 6.07) is 12.7. The summed E-state index contributed by atoms with van der Waals surface area (Å²) in [5.41, 5.74) is 4.75. The first-order valence-electron chi connectivity index (χ1n) is 10.2. The number of pyridine rings is 2. The molecule has 0 aliphatic heterocycles. The molecule has 0 saturated carbocycles. The van der Waals surface area contributed by atoms with Crippen LogP contribution in [0.15, 0.2) is 36.4 Å². The zero-order valence-corrected chi connectivity index (χ0v) is 19.1. The van der Waals surface area contributed by atoms with Crippen molar-refractivity contribution in [3.63, 3.8) is 0 Å². The third-order valence-corrected chi connectivity index (χ3v) is 4.88. The minimum absolute atomic E-state index is 0.0867. The quantitative estimate of drug-likeness (QED) is 0.698. The van der Waals surface area contributed by atoms with E-state index in [2.05, 4.69) is 102 Å². The second-order valence-electron chi connectivity index (χ2n) is 10.0. The van der Waals surface area contributed by atoms with Crippen molar-refractivity contribution in [2.45, 2.75) is 65.5 Å². The molecule has 0 atom stereocenters. The predicted molar refractivity (Wildman–Crippen MR) is 119 cm³/mol. The summed E-state index contributed by atoms with van der Waals surface area (Å²) in [7, 11) is 4.33. The Morgan fingerprint density at radius 1 is 0.643 bits per heavy atom. The van der Waals surface area contributed by atoms with Gasteiger partial charge < -0.3 is 0 Å². The van der Waals surface area contributed by atoms with Crippen molar-refractivity contribution >= 4 is 0 Å². The number of likely N-dealkylation sites (N-methyl/N-ethyl adjacent to an activating group) is 2. The van der Waals surface area contributed by atoms with Gasteiger partial charge in [0.1, 0.15) is 0 Å². The molecule has 4 nitrogen and oxygen atoms in total. The average Bonchev–Trinajstić information content (AvgIpc) is 2.59. The predicted octanol–water partition coefficient (Wildman–Crippen LogP) is 4.64. The first-order valence-corrected chi connectivity index (χ1v) is 10.2. The van der Waals surface area contributed by atoms with Crippen molar-refractivity contribution < 1.29 is 0 Å². The number of rotatable bonds is 7. The molecule has 2 aromatic heterocycles. The van der Waals surface area contributed by atoms with Crippen LogP contribution in [-0.4, -0.2) is 47.0 Å². The molecule has 0 aromatic carbocycles. The summed E-state index contributed by atoms with van der Waals surface area (Å²) in [5.74, 6) is 0. The molecule has 4 heteroatoms. The van der Waals surface area contributed by atoms with Crippen LogP contribution in [-0.2, 0) is 23.9 Å². The summed E-state index contributed by atoms with van der Waals surface area (Å²) < 4.78 is 0. The molecule has 0 saturated heterocycles. The van der Waals surface area contributed by atoms with Gasteiger partial charge in [-0.05, 0) is 38.4 Å². The fourth-order valence-electron chi connectivity index (χ4n) is 3.02. The first-order chi connectivity index (χ1) is 12.9. The van der Waals surface area contributed by atoms with Crippen molar-refractivity contribution in [1.82, 2.24) is 19.8 Å². The van der Waals surface area contributed by atoms with E-state index in [4.69, 9.17) is 9.97 Å². The van der Waals surface area contributed by atoms with Crippen LogP contribution in [0.25, 0.3) is 0 Å². The summed E-state index contributed by atoms with van der Waals surface area (Å²) in [5, 5.41) is 0. The molecule has 154 valence electrons. The fraction of sp³-hybridized carbons (Fsp3) is 0.583. The normalized spacial score (nSPS) is 12.8. The van der Waals surface area contributed by atoms with Gasteiger partial charge >= 0.3 is 0 Å². The molecule has 0 N–H and O–H groups in total. The van der Waals surface area contributed by atoms with Crippen LogP contribution in [0.5, 0.6) is 0 Å². The minimum atomic E-state index is 0.0867. The maximum absolute atomic E-state index is 4.85. The third-order valence-electron chi connectivity index (χ3n) is 4.88. The van der Waals surface area contributed by atoms with Crippen LogP contribution in [0.4, 0.5) is 0 Å². The first kappa shape index (κ1) is 22.5. The van der Waals surface area contributed by atoms with Gasteiger partial charge in [0.2, 0.25) is 0 Å². The van der Waals surface area contributed by atoms with Crippen molar-refractivity contribution in [3.05, 3.63) is 59.2 Å². The Labute approximate surface area is 172 Å². The molecule has 0 spiro atoms. The van der Waals surface area contributed by atoms with Crippen LogP contribution in [0.1, 0.15) is 64.3 Å². The van der Waals surface area contributed by atoms with Gasteiger partial charge in [0.05, 0.1) is 11.4 Å². The molecule has 2 aromatic rings. The van der Waals surface area contributed by atoms with E-state index < -0.39 is 0 Å². The van der Waals surface area contributed by atoms with E-state index in [-0.39, 0.29) is 10.8 Å². The lowest BCUT2D eigenvalue weighted by Crippen LogP contribution is -2.31. The molecule has 0 fully saturated rings. The lowest BCUT2D eigenvalue weighted by atomic mass is 9.91. The highest BCUT2D eigenvalue weighted by atomic mass is 15.2. The largest absolute Gasteiger partial charge is 0.299 e. The van der Waals surface area contributed by atoms with Crippen LogP contribution in [0.2, 0.25) is 0 Å². The highest BCUT2D eigenvalue weighted by molar-refractivity contribution is 5.18. The van der Waals surface area contributed by atoms with Gasteiger partial charge in [0.15, 0.2) is 0 Å². The van der Waals surface area contributed by atoms with E-state index in [0.29, 0.717) is 0 Å². The Morgan fingerprint density at radius 3 is 1.32 bits per heavy atom. The zero-order chi connectivity index (χ0) is 20.9. The summed E-state index contributed by atoms with van der Waals surface area (Å²) >= 11 is 0. The van der Waals surface area contributed by atoms with Gasteiger partial charge in [-0.1, -0.05) is 53.7 Å². The maximum Gasteiger partial charge on any atom is 0.0547 e. The van der Waals surface area contributed by atoms with Gasteiger partial charge in [-0.2, -0.15) is 0 Å². The van der Waals surface area contributed by atoms with Gasteiger partial charge in [-0.3, -0.25) is 19.8 Å². The smallest absolute Gasteiger partial charge is 0.0547 e. The number of nitrogens with zero attached hydrogens (tertiary/aromatic N) is 4. The summed E-state index contributed by atoms with van der Waals surface area (Å²) in [6.07, 6.45) is 0. The topological polar surface area (TPSA) is 32.3 Å². The Kier molecular flexibility index (Phi) is 7.35. The fourth-order valence-corrected chi connectivity index (χ4v) is 3.02. The SMILES string of the molecule is CN(CCN(C)Cc1cccc(C(C)(C)C)n1)Cc1cccc(C(C)(C)C)n1. The van der Waals surface area contributed by atoms with E-state index in [9.17, 15) is 0 Å². The van der Waals surface area contributed by atoms with Gasteiger partial charge in [-0.15, -0.1) is 0 Å². The van der Waals surface area contributed by atoms with Gasteiger partial charge in [0, 0.05) is 48.4 Å². The highest BCUT2D eigenvalue weighted by Crippen LogP contribution is 2.21. The highest BCUT2D eigenvalue weighted by Gasteiger charge is 2.17. The van der Waals surface area contributed by atoms with E-state index in [1.165, 1.54) is 0 Å². The lowest BCUT2D eigenvalue weighted by Gasteiger charge is -2.23. The molecular weight excluding hydrogens is 344 g/mol. The van der Waals surface area contributed by atoms with Crippen LogP contribution in [0.3, 0.4) is 0 Å². The van der Waals surface area contributed by atoms with Crippen LogP contribution >= 0.6 is 0 Å². The molecule has 0 unspecified atom stereocenters. The van der Waals surface area contributed by atoms with E-state index in [0.717, 1.165) is 49.0 Å². The molecule has 2 heterocycles. The minimum Gasteiger partial charge on any atom is -0.299 e. The number of aromatic nitrogens is 2. The molecule has 0 radical (unpaired) electrons. The van der Waals surface area contributed by atoms with Crippen molar-refractivity contribution in [2.24, 2.45) is 0 Å². The Hall–Kier alpha value is -1.78. The Balaban J connectivity index is 1.87. The molecular formula is C24H38N4. The third kappa shape index (κ3) is 6.99. The molecule has 0 amide bonds. The van der Waals surface area contributed by atoms with Crippen molar-refractivity contribution in [3.8, 4) is 0 Å². The molecule has 0 aliphatic carbocycles. The lowest BCUT2D eigenvalue weighted by molar-refractivity contribution is 0.243. The van der Waals surface area contributed by atoms with Gasteiger partial charge in [-0.25, -0.2) is 0 Å². The van der Waals surface area contributed by atoms with Crippen LogP contribution in [0, 0.1) is 0 Å². The van der Waals surface area contributed by atoms with Gasteiger partial charge in [0.25, 0.3) is 0 Å². The molecule has 0 bridgehead atoms. The second-order valence-corrected chi connectivity index (χ2v) is 10.0. The van der Waals surface area contributed by atoms with E-state index in [1.54, 1.807) is 0 Å². The Bertz CT molecular complexity index is 690. The monoisotopic (exact) mass is 382 g/mol. The Morgan fingerprint density at radius 2 is 1.00 bits per heavy atom. The number of hydrogen-bond donors (Lipinski definition) is 0. The van der Waals surface area contributed by atoms with E-state index >= 15 is 0 Å². The number of hydrogen-bond acceptors (Lipinski definition) is 4.